The Morgan fingerprint density at radius 1 is 1.08 bits per heavy atom. The molecule has 0 unspecified atom stereocenters. The van der Waals surface area contributed by atoms with Crippen LogP contribution in [0.1, 0.15) is 21.5 Å². The van der Waals surface area contributed by atoms with E-state index in [-0.39, 0.29) is 53.3 Å². The maximum Gasteiger partial charge on any atom is 0.327 e. The van der Waals surface area contributed by atoms with Crippen LogP contribution >= 0.6 is 0 Å². The fourth-order valence-corrected chi connectivity index (χ4v) is 3.45. The molecule has 12 heteroatoms. The largest absolute Gasteiger partial charge is 0.493 e. The summed E-state index contributed by atoms with van der Waals surface area (Å²) in [5.41, 5.74) is 7.48. The molecule has 0 fully saturated rings. The molecule has 2 heterocycles. The fraction of sp³-hybridized carbons (Fsp3) is 0.208. The second-order valence-electron chi connectivity index (χ2n) is 8.15. The number of methoxy groups -OCH3 is 1. The summed E-state index contributed by atoms with van der Waals surface area (Å²) < 4.78 is 17.3. The van der Waals surface area contributed by atoms with Gasteiger partial charge < -0.3 is 35.5 Å². The molecule has 0 atom stereocenters. The van der Waals surface area contributed by atoms with Gasteiger partial charge in [0.2, 0.25) is 5.91 Å². The molecule has 0 aliphatic carbocycles. The number of nitrogen functional groups attached to an aromatic ring is 1. The van der Waals surface area contributed by atoms with Crippen molar-refractivity contribution in [2.24, 2.45) is 5.73 Å². The molecule has 36 heavy (non-hydrogen) atoms. The molecule has 2 aromatic carbocycles. The number of carbonyl (C=O) groups is 2. The van der Waals surface area contributed by atoms with Gasteiger partial charge in [0, 0.05) is 25.2 Å². The van der Waals surface area contributed by atoms with Crippen LogP contribution in [0.3, 0.4) is 0 Å². The van der Waals surface area contributed by atoms with Crippen LogP contribution < -0.4 is 30.6 Å². The van der Waals surface area contributed by atoms with Gasteiger partial charge in [-0.1, -0.05) is 0 Å². The van der Waals surface area contributed by atoms with Gasteiger partial charge in [0.05, 0.1) is 13.7 Å². The van der Waals surface area contributed by atoms with E-state index in [2.05, 4.69) is 20.6 Å². The first-order chi connectivity index (χ1) is 17.1. The van der Waals surface area contributed by atoms with Crippen molar-refractivity contribution in [1.82, 2.24) is 14.9 Å². The average molecular weight is 492 g/mol. The Morgan fingerprint density at radius 2 is 1.86 bits per heavy atom. The zero-order valence-corrected chi connectivity index (χ0v) is 20.1. The second kappa shape index (κ2) is 9.78. The van der Waals surface area contributed by atoms with Gasteiger partial charge in [-0.2, -0.15) is 9.97 Å². The third kappa shape index (κ3) is 5.12. The third-order valence-corrected chi connectivity index (χ3v) is 5.13. The van der Waals surface area contributed by atoms with Crippen molar-refractivity contribution in [2.75, 3.05) is 38.4 Å². The highest BCUT2D eigenvalue weighted by Gasteiger charge is 2.25. The standard InChI is InChI=1S/C24H25N7O5/c1-12-7-14(23(33)31(2)3)9-15(8-12)35-22-19-21(27-11-18(32)28-19)29-24(30-22)36-17-10-13(20(25)26)5-6-16(17)34-4/h5-10H,11H2,1-4H3,(H3,25,26)(H,28,32)(H,27,29,30). The first kappa shape index (κ1) is 24.3. The van der Waals surface area contributed by atoms with Crippen LogP contribution in [0.5, 0.6) is 29.1 Å². The SMILES string of the molecule is COc1ccc(C(=N)N)cc1Oc1nc2c(c(Oc3cc(C)cc(C(=O)N(C)C)c3)n1)NC(=O)CN2. The number of nitrogens with two attached hydrogens (primary N) is 1. The van der Waals surface area contributed by atoms with Crippen molar-refractivity contribution in [2.45, 2.75) is 6.92 Å². The van der Waals surface area contributed by atoms with Crippen molar-refractivity contribution in [1.29, 1.82) is 5.41 Å². The number of aryl methyl sites for hydroxylation is 1. The van der Waals surface area contributed by atoms with Gasteiger partial charge in [-0.15, -0.1) is 0 Å². The zero-order chi connectivity index (χ0) is 26.0. The molecule has 4 rings (SSSR count). The number of benzene rings is 2. The van der Waals surface area contributed by atoms with Gasteiger partial charge in [0.15, 0.2) is 17.3 Å². The summed E-state index contributed by atoms with van der Waals surface area (Å²) in [4.78, 5) is 34.7. The van der Waals surface area contributed by atoms with Crippen molar-refractivity contribution < 1.29 is 23.8 Å². The molecule has 12 nitrogen and oxygen atoms in total. The Balaban J connectivity index is 1.76. The summed E-state index contributed by atoms with van der Waals surface area (Å²) >= 11 is 0. The van der Waals surface area contributed by atoms with E-state index in [0.717, 1.165) is 5.56 Å². The lowest BCUT2D eigenvalue weighted by Crippen LogP contribution is -2.28. The van der Waals surface area contributed by atoms with Crippen LogP contribution in [0.4, 0.5) is 11.5 Å². The quantitative estimate of drug-likeness (QED) is 0.287. The molecule has 0 radical (unpaired) electrons. The summed E-state index contributed by atoms with van der Waals surface area (Å²) in [6, 6.07) is 9.72. The van der Waals surface area contributed by atoms with E-state index in [9.17, 15) is 9.59 Å². The van der Waals surface area contributed by atoms with E-state index in [0.29, 0.717) is 22.6 Å². The molecule has 0 saturated heterocycles. The predicted octanol–water partition coefficient (Wildman–Crippen LogP) is 2.73. The van der Waals surface area contributed by atoms with Gasteiger partial charge in [-0.25, -0.2) is 0 Å². The average Bonchev–Trinajstić information content (AvgIpc) is 2.83. The van der Waals surface area contributed by atoms with E-state index in [1.54, 1.807) is 44.4 Å². The van der Waals surface area contributed by atoms with Crippen molar-refractivity contribution in [3.63, 3.8) is 0 Å². The van der Waals surface area contributed by atoms with E-state index < -0.39 is 0 Å². The van der Waals surface area contributed by atoms with Crippen LogP contribution in [0.2, 0.25) is 0 Å². The van der Waals surface area contributed by atoms with Crippen molar-refractivity contribution in [3.05, 3.63) is 53.1 Å². The zero-order valence-electron chi connectivity index (χ0n) is 20.1. The summed E-state index contributed by atoms with van der Waals surface area (Å²) in [6.45, 7) is 1.83. The molecule has 1 aromatic heterocycles. The van der Waals surface area contributed by atoms with Crippen LogP contribution in [0, 0.1) is 12.3 Å². The summed E-state index contributed by atoms with van der Waals surface area (Å²) in [5.74, 6) is 0.589. The van der Waals surface area contributed by atoms with Crippen LogP contribution in [0.25, 0.3) is 0 Å². The van der Waals surface area contributed by atoms with Crippen molar-refractivity contribution >= 4 is 29.2 Å². The van der Waals surface area contributed by atoms with E-state index in [1.807, 2.05) is 6.92 Å². The number of ether oxygens (including phenoxy) is 3. The fourth-order valence-electron chi connectivity index (χ4n) is 3.45. The molecule has 0 saturated carbocycles. The van der Waals surface area contributed by atoms with Gasteiger partial charge in [0.25, 0.3) is 11.8 Å². The Bertz CT molecular complexity index is 1370. The number of carbonyl (C=O) groups excluding carboxylic acids is 2. The number of hydrogen-bond acceptors (Lipinski definition) is 9. The molecular formula is C24H25N7O5. The number of nitrogens with zero attached hydrogens (tertiary/aromatic N) is 3. The minimum Gasteiger partial charge on any atom is -0.493 e. The number of anilines is 2. The highest BCUT2D eigenvalue weighted by molar-refractivity contribution is 6.01. The molecule has 0 bridgehead atoms. The molecule has 3 aromatic rings. The Kier molecular flexibility index (Phi) is 6.59. The normalized spacial score (nSPS) is 12.1. The number of aromatic nitrogens is 2. The number of rotatable bonds is 7. The molecule has 5 N–H and O–H groups in total. The number of hydrogen-bond donors (Lipinski definition) is 4. The van der Waals surface area contributed by atoms with E-state index in [1.165, 1.54) is 18.1 Å². The summed E-state index contributed by atoms with van der Waals surface area (Å²) in [5, 5.41) is 13.3. The lowest BCUT2D eigenvalue weighted by Gasteiger charge is -2.21. The highest BCUT2D eigenvalue weighted by atomic mass is 16.5. The maximum atomic E-state index is 12.5. The van der Waals surface area contributed by atoms with Crippen LogP contribution in [0.15, 0.2) is 36.4 Å². The van der Waals surface area contributed by atoms with Crippen LogP contribution in [-0.4, -0.2) is 60.3 Å². The third-order valence-electron chi connectivity index (χ3n) is 5.13. The topological polar surface area (TPSA) is 165 Å². The Hall–Kier alpha value is -4.87. The number of amidine groups is 1. The summed E-state index contributed by atoms with van der Waals surface area (Å²) in [7, 11) is 4.79. The smallest absolute Gasteiger partial charge is 0.327 e. The van der Waals surface area contributed by atoms with Gasteiger partial charge in [0.1, 0.15) is 17.3 Å². The maximum absolute atomic E-state index is 12.5. The first-order valence-corrected chi connectivity index (χ1v) is 10.8. The molecule has 0 spiro atoms. The Labute approximate surface area is 206 Å². The minimum atomic E-state index is -0.298. The number of fused-ring (bicyclic) bond motifs is 1. The van der Waals surface area contributed by atoms with Gasteiger partial charge >= 0.3 is 6.01 Å². The van der Waals surface area contributed by atoms with Crippen LogP contribution in [-0.2, 0) is 4.79 Å². The molecule has 186 valence electrons. The Morgan fingerprint density at radius 3 is 2.56 bits per heavy atom. The second-order valence-corrected chi connectivity index (χ2v) is 8.15. The van der Waals surface area contributed by atoms with Gasteiger partial charge in [-0.05, 0) is 48.9 Å². The lowest BCUT2D eigenvalue weighted by atomic mass is 10.1. The highest BCUT2D eigenvalue weighted by Crippen LogP contribution is 2.39. The first-order valence-electron chi connectivity index (χ1n) is 10.8. The summed E-state index contributed by atoms with van der Waals surface area (Å²) in [6.07, 6.45) is 0. The van der Waals surface area contributed by atoms with E-state index >= 15 is 0 Å². The predicted molar refractivity (Wildman–Crippen MR) is 133 cm³/mol. The molecule has 2 amide bonds. The number of amides is 2. The monoisotopic (exact) mass is 491 g/mol. The van der Waals surface area contributed by atoms with Crippen molar-refractivity contribution in [3.8, 4) is 29.1 Å². The molecular weight excluding hydrogens is 466 g/mol. The molecule has 1 aliphatic heterocycles. The lowest BCUT2D eigenvalue weighted by molar-refractivity contribution is -0.114. The molecule has 1 aliphatic rings. The number of nitrogens with one attached hydrogen (secondary N) is 3. The minimum absolute atomic E-state index is 0.00202. The van der Waals surface area contributed by atoms with Gasteiger partial charge in [-0.3, -0.25) is 15.0 Å². The van der Waals surface area contributed by atoms with E-state index in [4.69, 9.17) is 25.4 Å².